The van der Waals surface area contributed by atoms with Gasteiger partial charge in [0, 0.05) is 25.2 Å². The first kappa shape index (κ1) is 17.7. The third-order valence-corrected chi connectivity index (χ3v) is 3.74. The molecule has 1 aromatic carbocycles. The molecule has 0 unspecified atom stereocenters. The standard InChI is InChI=1S/C16H21F3N2O2/c17-16(18,19)14-5-3-4-13(12-14)15(22)20-6-1-2-7-21-8-10-23-11-9-21/h3-5,12H,1-2,6-11H2,(H,20,22). The monoisotopic (exact) mass is 330 g/mol. The lowest BCUT2D eigenvalue weighted by Crippen LogP contribution is -2.37. The molecule has 0 atom stereocenters. The van der Waals surface area contributed by atoms with Gasteiger partial charge in [0.15, 0.2) is 0 Å². The first-order valence-electron chi connectivity index (χ1n) is 7.72. The summed E-state index contributed by atoms with van der Waals surface area (Å²) in [7, 11) is 0. The van der Waals surface area contributed by atoms with Crippen molar-refractivity contribution in [3.8, 4) is 0 Å². The van der Waals surface area contributed by atoms with Crippen LogP contribution in [0.4, 0.5) is 13.2 Å². The van der Waals surface area contributed by atoms with Gasteiger partial charge in [0.25, 0.3) is 5.91 Å². The second kappa shape index (κ2) is 8.31. The lowest BCUT2D eigenvalue weighted by molar-refractivity contribution is -0.137. The summed E-state index contributed by atoms with van der Waals surface area (Å²) in [4.78, 5) is 14.2. The molecule has 7 heteroatoms. The van der Waals surface area contributed by atoms with Gasteiger partial charge in [-0.25, -0.2) is 0 Å². The van der Waals surface area contributed by atoms with Gasteiger partial charge >= 0.3 is 6.18 Å². The molecule has 1 aliphatic heterocycles. The maximum absolute atomic E-state index is 12.6. The van der Waals surface area contributed by atoms with Crippen molar-refractivity contribution < 1.29 is 22.7 Å². The summed E-state index contributed by atoms with van der Waals surface area (Å²) in [6.07, 6.45) is -2.71. The van der Waals surface area contributed by atoms with Crippen LogP contribution in [0, 0.1) is 0 Å². The maximum atomic E-state index is 12.6. The zero-order valence-electron chi connectivity index (χ0n) is 12.9. The molecule has 0 bridgehead atoms. The number of hydrogen-bond acceptors (Lipinski definition) is 3. The van der Waals surface area contributed by atoms with E-state index in [0.29, 0.717) is 6.54 Å². The van der Waals surface area contributed by atoms with E-state index in [9.17, 15) is 18.0 Å². The van der Waals surface area contributed by atoms with Crippen LogP contribution in [0.3, 0.4) is 0 Å². The molecule has 0 aliphatic carbocycles. The van der Waals surface area contributed by atoms with Crippen LogP contribution in [-0.4, -0.2) is 50.2 Å². The van der Waals surface area contributed by atoms with E-state index in [2.05, 4.69) is 10.2 Å². The van der Waals surface area contributed by atoms with Crippen molar-refractivity contribution in [3.63, 3.8) is 0 Å². The number of rotatable bonds is 6. The normalized spacial score (nSPS) is 16.3. The Bertz CT molecular complexity index is 514. The number of amides is 1. The molecule has 1 saturated heterocycles. The number of morpholine rings is 1. The maximum Gasteiger partial charge on any atom is 0.416 e. The molecule has 1 aliphatic rings. The second-order valence-corrected chi connectivity index (χ2v) is 5.50. The summed E-state index contributed by atoms with van der Waals surface area (Å²) >= 11 is 0. The lowest BCUT2D eigenvalue weighted by atomic mass is 10.1. The predicted octanol–water partition coefficient (Wildman–Crippen LogP) is 2.55. The Morgan fingerprint density at radius 2 is 1.96 bits per heavy atom. The summed E-state index contributed by atoms with van der Waals surface area (Å²) in [6.45, 7) is 4.77. The number of ether oxygens (including phenoxy) is 1. The number of carbonyl (C=O) groups is 1. The summed E-state index contributed by atoms with van der Waals surface area (Å²) in [5.41, 5.74) is -0.773. The van der Waals surface area contributed by atoms with Crippen molar-refractivity contribution >= 4 is 5.91 Å². The van der Waals surface area contributed by atoms with Crippen LogP contribution >= 0.6 is 0 Å². The van der Waals surface area contributed by atoms with Crippen LogP contribution in [-0.2, 0) is 10.9 Å². The molecule has 128 valence electrons. The Morgan fingerprint density at radius 1 is 1.22 bits per heavy atom. The number of unbranched alkanes of at least 4 members (excludes halogenated alkanes) is 1. The van der Waals surface area contributed by atoms with Gasteiger partial charge in [-0.15, -0.1) is 0 Å². The largest absolute Gasteiger partial charge is 0.416 e. The van der Waals surface area contributed by atoms with E-state index in [1.807, 2.05) is 0 Å². The van der Waals surface area contributed by atoms with Gasteiger partial charge < -0.3 is 10.1 Å². The number of nitrogens with zero attached hydrogens (tertiary/aromatic N) is 1. The first-order chi connectivity index (χ1) is 11.0. The summed E-state index contributed by atoms with van der Waals surface area (Å²) in [5.74, 6) is -0.470. The zero-order chi connectivity index (χ0) is 16.7. The smallest absolute Gasteiger partial charge is 0.379 e. The first-order valence-corrected chi connectivity index (χ1v) is 7.72. The van der Waals surface area contributed by atoms with Gasteiger partial charge in [-0.1, -0.05) is 6.07 Å². The molecule has 0 saturated carbocycles. The minimum absolute atomic E-state index is 0.0352. The molecule has 1 aromatic rings. The van der Waals surface area contributed by atoms with Gasteiger partial charge in [-0.2, -0.15) is 13.2 Å². The van der Waals surface area contributed by atoms with Crippen molar-refractivity contribution in [2.75, 3.05) is 39.4 Å². The molecular weight excluding hydrogens is 309 g/mol. The summed E-state index contributed by atoms with van der Waals surface area (Å²) in [5, 5.41) is 2.67. The lowest BCUT2D eigenvalue weighted by Gasteiger charge is -2.26. The Kier molecular flexibility index (Phi) is 6.41. The number of carbonyl (C=O) groups excluding carboxylic acids is 1. The van der Waals surface area contributed by atoms with E-state index < -0.39 is 17.6 Å². The van der Waals surface area contributed by atoms with E-state index in [1.54, 1.807) is 0 Å². The van der Waals surface area contributed by atoms with Gasteiger partial charge in [0.05, 0.1) is 18.8 Å². The average Bonchev–Trinajstić information content (AvgIpc) is 2.54. The molecule has 4 nitrogen and oxygen atoms in total. The molecule has 0 radical (unpaired) electrons. The Balaban J connectivity index is 1.70. The highest BCUT2D eigenvalue weighted by atomic mass is 19.4. The van der Waals surface area contributed by atoms with Gasteiger partial charge in [-0.05, 0) is 37.6 Å². The van der Waals surface area contributed by atoms with Crippen LogP contribution < -0.4 is 5.32 Å². The molecule has 1 amide bonds. The number of halogens is 3. The van der Waals surface area contributed by atoms with E-state index in [4.69, 9.17) is 4.74 Å². The SMILES string of the molecule is O=C(NCCCCN1CCOCC1)c1cccc(C(F)(F)F)c1. The third kappa shape index (κ3) is 5.84. The number of hydrogen-bond donors (Lipinski definition) is 1. The highest BCUT2D eigenvalue weighted by Crippen LogP contribution is 2.29. The quantitative estimate of drug-likeness (QED) is 0.815. The van der Waals surface area contributed by atoms with Crippen molar-refractivity contribution in [2.24, 2.45) is 0 Å². The highest BCUT2D eigenvalue weighted by Gasteiger charge is 2.30. The zero-order valence-corrected chi connectivity index (χ0v) is 12.9. The second-order valence-electron chi connectivity index (χ2n) is 5.50. The number of alkyl halides is 3. The fourth-order valence-electron chi connectivity index (χ4n) is 2.43. The van der Waals surface area contributed by atoms with Crippen LogP contribution in [0.15, 0.2) is 24.3 Å². The average molecular weight is 330 g/mol. The molecule has 1 fully saturated rings. The molecule has 1 heterocycles. The van der Waals surface area contributed by atoms with Gasteiger partial charge in [0.1, 0.15) is 0 Å². The molecule has 0 aromatic heterocycles. The number of nitrogens with one attached hydrogen (secondary N) is 1. The fourth-order valence-corrected chi connectivity index (χ4v) is 2.43. The van der Waals surface area contributed by atoms with Crippen molar-refractivity contribution in [1.82, 2.24) is 10.2 Å². The van der Waals surface area contributed by atoms with Crippen molar-refractivity contribution in [2.45, 2.75) is 19.0 Å². The Labute approximate surface area is 133 Å². The fraction of sp³-hybridized carbons (Fsp3) is 0.562. The molecule has 2 rings (SSSR count). The van der Waals surface area contributed by atoms with Crippen LogP contribution in [0.25, 0.3) is 0 Å². The molecule has 1 N–H and O–H groups in total. The minimum Gasteiger partial charge on any atom is -0.379 e. The molecule has 23 heavy (non-hydrogen) atoms. The minimum atomic E-state index is -4.44. The van der Waals surface area contributed by atoms with E-state index >= 15 is 0 Å². The van der Waals surface area contributed by atoms with E-state index in [0.717, 1.165) is 57.8 Å². The number of benzene rings is 1. The van der Waals surface area contributed by atoms with Crippen LogP contribution in [0.1, 0.15) is 28.8 Å². The van der Waals surface area contributed by atoms with Crippen molar-refractivity contribution in [1.29, 1.82) is 0 Å². The summed E-state index contributed by atoms with van der Waals surface area (Å²) in [6, 6.07) is 4.47. The predicted molar refractivity (Wildman–Crippen MR) is 80.3 cm³/mol. The van der Waals surface area contributed by atoms with Crippen LogP contribution in [0.5, 0.6) is 0 Å². The van der Waals surface area contributed by atoms with Gasteiger partial charge in [-0.3, -0.25) is 9.69 Å². The van der Waals surface area contributed by atoms with E-state index in [1.165, 1.54) is 12.1 Å². The van der Waals surface area contributed by atoms with E-state index in [-0.39, 0.29) is 5.56 Å². The highest BCUT2D eigenvalue weighted by molar-refractivity contribution is 5.94. The van der Waals surface area contributed by atoms with Gasteiger partial charge in [0.2, 0.25) is 0 Å². The Hall–Kier alpha value is -1.60. The Morgan fingerprint density at radius 3 is 2.65 bits per heavy atom. The van der Waals surface area contributed by atoms with Crippen LogP contribution in [0.2, 0.25) is 0 Å². The topological polar surface area (TPSA) is 41.6 Å². The molecular formula is C16H21F3N2O2. The third-order valence-electron chi connectivity index (χ3n) is 3.74. The summed E-state index contributed by atoms with van der Waals surface area (Å²) < 4.78 is 43.1. The van der Waals surface area contributed by atoms with Crippen molar-refractivity contribution in [3.05, 3.63) is 35.4 Å². The molecule has 0 spiro atoms.